The lowest BCUT2D eigenvalue weighted by molar-refractivity contribution is -0.139. The van der Waals surface area contributed by atoms with Crippen LogP contribution < -0.4 is 15.4 Å². The number of nitrogens with zero attached hydrogens (tertiary/aromatic N) is 5. The number of aromatic nitrogens is 2. The average molecular weight is 982 g/mol. The second-order valence-electron chi connectivity index (χ2n) is 18.4. The highest BCUT2D eigenvalue weighted by Gasteiger charge is 2.40. The van der Waals surface area contributed by atoms with E-state index in [2.05, 4.69) is 51.6 Å². The molecule has 71 heavy (non-hydrogen) atoms. The number of benzene rings is 3. The number of rotatable bonds is 25. The summed E-state index contributed by atoms with van der Waals surface area (Å²) in [5.74, 6) is 0.215. The fraction of sp³-hybridized carbons (Fsp3) is 0.464. The van der Waals surface area contributed by atoms with Crippen LogP contribution in [0, 0.1) is 42.4 Å². The van der Waals surface area contributed by atoms with Crippen molar-refractivity contribution in [3.63, 3.8) is 0 Å². The monoisotopic (exact) mass is 981 g/mol. The SMILES string of the molecule is CNC(C)C(=O)NC(C(=O)N1CCCC1c1nc(C(=O)c2cccc(OCCOCCOCCOCCCc3ccc(Cn4c(C)c(C#N)c(-c5ccc(C#N)cc5)c4C)cc3)c2)cs1)C1CCCCC1. The van der Waals surface area contributed by atoms with Crippen molar-refractivity contribution in [2.75, 3.05) is 59.8 Å². The summed E-state index contributed by atoms with van der Waals surface area (Å²) in [6.07, 6.45) is 8.48. The molecule has 3 atom stereocenters. The number of nitriles is 2. The number of hydrogen-bond acceptors (Lipinski definition) is 12. The molecular weight excluding hydrogens is 915 g/mol. The predicted molar refractivity (Wildman–Crippen MR) is 273 cm³/mol. The van der Waals surface area contributed by atoms with E-state index in [-0.39, 0.29) is 29.6 Å². The molecule has 1 aliphatic heterocycles. The molecule has 3 aromatic carbocycles. The number of ether oxygens (including phenoxy) is 4. The molecule has 2 fully saturated rings. The van der Waals surface area contributed by atoms with Crippen LogP contribution in [0.3, 0.4) is 0 Å². The smallest absolute Gasteiger partial charge is 0.246 e. The highest BCUT2D eigenvalue weighted by molar-refractivity contribution is 7.10. The van der Waals surface area contributed by atoms with E-state index < -0.39 is 12.1 Å². The van der Waals surface area contributed by atoms with Gasteiger partial charge < -0.3 is 39.0 Å². The van der Waals surface area contributed by atoms with Crippen LogP contribution in [0.1, 0.15) is 119 Å². The first kappa shape index (κ1) is 52.6. The van der Waals surface area contributed by atoms with Crippen molar-refractivity contribution in [1.29, 1.82) is 10.5 Å². The van der Waals surface area contributed by atoms with Gasteiger partial charge in [-0.1, -0.05) is 67.8 Å². The van der Waals surface area contributed by atoms with E-state index in [0.717, 1.165) is 90.9 Å². The van der Waals surface area contributed by atoms with E-state index in [1.807, 2.05) is 30.9 Å². The van der Waals surface area contributed by atoms with Crippen molar-refractivity contribution >= 4 is 28.9 Å². The minimum atomic E-state index is -0.578. The summed E-state index contributed by atoms with van der Waals surface area (Å²) >= 11 is 1.40. The van der Waals surface area contributed by atoms with E-state index in [4.69, 9.17) is 23.9 Å². The Bertz CT molecular complexity index is 2640. The maximum absolute atomic E-state index is 14.2. The molecule has 1 aliphatic carbocycles. The minimum Gasteiger partial charge on any atom is -0.491 e. The van der Waals surface area contributed by atoms with Gasteiger partial charge in [0, 0.05) is 47.6 Å². The highest BCUT2D eigenvalue weighted by Crippen LogP contribution is 2.37. The molecule has 2 aliphatic rings. The van der Waals surface area contributed by atoms with Crippen LogP contribution >= 0.6 is 11.3 Å². The van der Waals surface area contributed by atoms with E-state index in [1.54, 1.807) is 55.7 Å². The Labute approximate surface area is 422 Å². The van der Waals surface area contributed by atoms with Gasteiger partial charge in [0.05, 0.1) is 62.3 Å². The minimum absolute atomic E-state index is 0.0558. The van der Waals surface area contributed by atoms with Gasteiger partial charge in [-0.25, -0.2) is 4.98 Å². The molecule has 1 saturated heterocycles. The number of aryl methyl sites for hydroxylation is 1. The van der Waals surface area contributed by atoms with Gasteiger partial charge in [-0.3, -0.25) is 14.4 Å². The van der Waals surface area contributed by atoms with Gasteiger partial charge in [-0.05, 0) is 113 Å². The van der Waals surface area contributed by atoms with Crippen LogP contribution in [0.15, 0.2) is 78.2 Å². The Morgan fingerprint density at radius 1 is 0.817 bits per heavy atom. The lowest BCUT2D eigenvalue weighted by Crippen LogP contribution is -2.55. The number of hydrogen-bond donors (Lipinski definition) is 2. The van der Waals surface area contributed by atoms with Crippen LogP contribution in [-0.4, -0.2) is 104 Å². The summed E-state index contributed by atoms with van der Waals surface area (Å²) < 4.78 is 25.3. The molecule has 1 saturated carbocycles. The summed E-state index contributed by atoms with van der Waals surface area (Å²) in [6, 6.07) is 26.4. The summed E-state index contributed by atoms with van der Waals surface area (Å²) in [4.78, 5) is 47.4. The van der Waals surface area contributed by atoms with Crippen LogP contribution in [0.5, 0.6) is 5.75 Å². The number of thiazole rings is 1. The number of ketones is 1. The largest absolute Gasteiger partial charge is 0.491 e. The van der Waals surface area contributed by atoms with Gasteiger partial charge >= 0.3 is 0 Å². The molecular formula is C56H67N7O7S. The molecule has 0 radical (unpaired) electrons. The van der Waals surface area contributed by atoms with Crippen LogP contribution in [0.25, 0.3) is 11.1 Å². The first-order chi connectivity index (χ1) is 34.6. The van der Waals surface area contributed by atoms with Gasteiger partial charge in [0.25, 0.3) is 0 Å². The predicted octanol–water partition coefficient (Wildman–Crippen LogP) is 8.65. The standard InChI is InChI=1S/C56H67N7O7S/c1-38(59-4)54(65)61-52(45-12-6-5-7-13-45)56(66)62-25-9-16-50(62)55-60-49(37-71-55)53(64)46-14-8-15-47(33-46)70-32-31-69-30-29-68-28-27-67-26-10-11-41-17-19-43(20-18-41)36-63-39(2)48(35-58)51(40(63)3)44-23-21-42(34-57)22-24-44/h8,14-15,17-24,33,37-38,45,50,52,59H,5-7,9-13,16,25-32,36H2,1-4H3,(H,61,65). The van der Waals surface area contributed by atoms with E-state index in [1.165, 1.54) is 16.9 Å². The van der Waals surface area contributed by atoms with Crippen molar-refractivity contribution < 1.29 is 33.3 Å². The summed E-state index contributed by atoms with van der Waals surface area (Å²) in [6.45, 7) is 10.2. The molecule has 2 N–H and O–H groups in total. The number of nitrogens with one attached hydrogen (secondary N) is 2. The number of carbonyl (C=O) groups is 3. The second kappa shape index (κ2) is 26.3. The van der Waals surface area contributed by atoms with E-state index in [0.29, 0.717) is 87.5 Å². The third-order valence-corrected chi connectivity index (χ3v) is 14.7. The quantitative estimate of drug-likeness (QED) is 0.0422. The van der Waals surface area contributed by atoms with Crippen molar-refractivity contribution in [2.45, 2.75) is 103 Å². The van der Waals surface area contributed by atoms with Crippen LogP contribution in [0.2, 0.25) is 0 Å². The Kier molecular flexibility index (Phi) is 19.5. The Balaban J connectivity index is 0.760. The molecule has 374 valence electrons. The fourth-order valence-corrected chi connectivity index (χ4v) is 10.5. The number of likely N-dealkylation sites (tertiary alicyclic amines) is 1. The van der Waals surface area contributed by atoms with Crippen molar-refractivity contribution in [2.24, 2.45) is 5.92 Å². The lowest BCUT2D eigenvalue weighted by Gasteiger charge is -2.35. The van der Waals surface area contributed by atoms with Crippen molar-refractivity contribution in [3.8, 4) is 29.0 Å². The van der Waals surface area contributed by atoms with Gasteiger partial charge in [-0.2, -0.15) is 10.5 Å². The zero-order valence-electron chi connectivity index (χ0n) is 41.5. The maximum atomic E-state index is 14.2. The number of carbonyl (C=O) groups excluding carboxylic acids is 3. The average Bonchev–Trinajstić information content (AvgIpc) is 4.16. The van der Waals surface area contributed by atoms with Gasteiger partial charge in [0.1, 0.15) is 35.2 Å². The first-order valence-corrected chi connectivity index (χ1v) is 25.9. The molecule has 5 aromatic rings. The zero-order valence-corrected chi connectivity index (χ0v) is 42.4. The lowest BCUT2D eigenvalue weighted by atomic mass is 9.83. The van der Waals surface area contributed by atoms with Crippen LogP contribution in [0.4, 0.5) is 0 Å². The Morgan fingerprint density at radius 2 is 1.51 bits per heavy atom. The van der Waals surface area contributed by atoms with E-state index in [9.17, 15) is 24.9 Å². The van der Waals surface area contributed by atoms with Crippen molar-refractivity contribution in [1.82, 2.24) is 25.1 Å². The molecule has 0 spiro atoms. The number of likely N-dealkylation sites (N-methyl/N-ethyl adjacent to an activating group) is 1. The zero-order chi connectivity index (χ0) is 50.1. The molecule has 7 rings (SSSR count). The molecule has 14 nitrogen and oxygen atoms in total. The second-order valence-corrected chi connectivity index (χ2v) is 19.3. The van der Waals surface area contributed by atoms with Gasteiger partial charge in [0.2, 0.25) is 17.6 Å². The topological polar surface area (TPSA) is 181 Å². The first-order valence-electron chi connectivity index (χ1n) is 25.0. The fourth-order valence-electron chi connectivity index (χ4n) is 9.60. The third kappa shape index (κ3) is 13.8. The molecule has 3 unspecified atom stereocenters. The summed E-state index contributed by atoms with van der Waals surface area (Å²) in [7, 11) is 1.74. The third-order valence-electron chi connectivity index (χ3n) is 13.7. The molecule has 15 heteroatoms. The van der Waals surface area contributed by atoms with Crippen LogP contribution in [-0.2, 0) is 36.8 Å². The summed E-state index contributed by atoms with van der Waals surface area (Å²) in [5, 5.41) is 27.8. The Hall–Kier alpha value is -6.20. The molecule has 2 amide bonds. The van der Waals surface area contributed by atoms with E-state index >= 15 is 0 Å². The summed E-state index contributed by atoms with van der Waals surface area (Å²) in [5.41, 5.74) is 8.26. The Morgan fingerprint density at radius 3 is 2.20 bits per heavy atom. The van der Waals surface area contributed by atoms with Crippen molar-refractivity contribution in [3.05, 3.63) is 128 Å². The molecule has 3 heterocycles. The van der Waals surface area contributed by atoms with Gasteiger partial charge in [-0.15, -0.1) is 11.3 Å². The number of amides is 2. The molecule has 2 aromatic heterocycles. The highest BCUT2D eigenvalue weighted by atomic mass is 32.1. The molecule has 0 bridgehead atoms. The normalized spacial score (nSPS) is 15.7. The van der Waals surface area contributed by atoms with Gasteiger partial charge in [0.15, 0.2) is 0 Å². The maximum Gasteiger partial charge on any atom is 0.246 e.